The number of hydrogen-bond donors (Lipinski definition) is 2. The molecule has 1 saturated carbocycles. The monoisotopic (exact) mass is 550 g/mol. The minimum absolute atomic E-state index is 0.208. The van der Waals surface area contributed by atoms with Crippen molar-refractivity contribution < 1.29 is 33.4 Å². The van der Waals surface area contributed by atoms with Crippen LogP contribution in [0.15, 0.2) is 51.6 Å². The van der Waals surface area contributed by atoms with Crippen molar-refractivity contribution in [2.75, 3.05) is 19.9 Å². The summed E-state index contributed by atoms with van der Waals surface area (Å²) in [6, 6.07) is 4.92. The van der Waals surface area contributed by atoms with Gasteiger partial charge in [-0.15, -0.1) is 0 Å². The number of carbonyl (C=O) groups excluding carboxylic acids is 5. The summed E-state index contributed by atoms with van der Waals surface area (Å²) in [5.41, 5.74) is 6.15. The van der Waals surface area contributed by atoms with Crippen LogP contribution < -0.4 is 10.7 Å². The number of imide groups is 1. The molecule has 2 heterocycles. The van der Waals surface area contributed by atoms with Crippen molar-refractivity contribution in [2.45, 2.75) is 39.7 Å². The molecular formula is C27H30N6O7. The van der Waals surface area contributed by atoms with E-state index in [9.17, 15) is 24.0 Å². The van der Waals surface area contributed by atoms with Crippen LogP contribution in [0.25, 0.3) is 0 Å². The minimum atomic E-state index is -0.918. The van der Waals surface area contributed by atoms with Crippen molar-refractivity contribution in [3.05, 3.63) is 52.7 Å². The summed E-state index contributed by atoms with van der Waals surface area (Å²) < 4.78 is 9.76. The number of carbonyl (C=O) groups is 5. The predicted octanol–water partition coefficient (Wildman–Crippen LogP) is 1.91. The Balaban J connectivity index is 1.54. The van der Waals surface area contributed by atoms with Gasteiger partial charge in [-0.25, -0.2) is 24.5 Å². The highest BCUT2D eigenvalue weighted by Crippen LogP contribution is 2.35. The van der Waals surface area contributed by atoms with Crippen LogP contribution in [-0.4, -0.2) is 78.2 Å². The van der Waals surface area contributed by atoms with Crippen molar-refractivity contribution in [3.63, 3.8) is 0 Å². The lowest BCUT2D eigenvalue weighted by Crippen LogP contribution is -2.46. The van der Waals surface area contributed by atoms with Crippen LogP contribution in [0.3, 0.4) is 0 Å². The second kappa shape index (κ2) is 12.4. The van der Waals surface area contributed by atoms with Crippen molar-refractivity contribution in [1.82, 2.24) is 20.7 Å². The van der Waals surface area contributed by atoms with E-state index in [1.807, 2.05) is 19.9 Å². The maximum Gasteiger partial charge on any atom is 0.419 e. The topological polar surface area (TPSA) is 159 Å². The van der Waals surface area contributed by atoms with Gasteiger partial charge >= 0.3 is 12.1 Å². The average molecular weight is 551 g/mol. The fraction of sp³-hybridized carbons (Fsp3) is 0.370. The molecule has 1 unspecified atom stereocenters. The first-order chi connectivity index (χ1) is 19.2. The SMILES string of the molecule is CCNC(=O)c1ccc(C)c(N=C2N=CNN3CC(C(=O)N(C(=O)OCOC(=O)/C=C/C=O)C4CC4)C(C)=C23)c1. The highest BCUT2D eigenvalue weighted by atomic mass is 16.7. The quantitative estimate of drug-likeness (QED) is 0.203. The largest absolute Gasteiger partial charge is 0.425 e. The molecule has 0 spiro atoms. The first-order valence-corrected chi connectivity index (χ1v) is 12.8. The summed E-state index contributed by atoms with van der Waals surface area (Å²) in [5.74, 6) is -1.85. The van der Waals surface area contributed by atoms with E-state index < -0.39 is 30.7 Å². The standard InChI is InChI=1S/C27H30N6O7/c1-4-28-25(36)18-8-7-16(2)21(12-18)31-24-23-17(3)20(13-32(23)30-14-29-24)26(37)33(19-9-10-19)27(38)40-15-39-22(35)6-5-11-34/h5-8,11-12,14,19-20H,4,9-10,13,15H2,1-3H3,(H,28,36)(H,29,30,31)/b6-5+. The van der Waals surface area contributed by atoms with Crippen LogP contribution in [-0.2, 0) is 23.9 Å². The number of fused-ring (bicyclic) bond motifs is 1. The molecule has 1 fully saturated rings. The number of aliphatic imine (C=N–C) groups is 2. The summed E-state index contributed by atoms with van der Waals surface area (Å²) in [5, 5.41) is 4.51. The molecule has 4 rings (SSSR count). The zero-order chi connectivity index (χ0) is 28.8. The Morgan fingerprint density at radius 1 is 1.23 bits per heavy atom. The Morgan fingerprint density at radius 2 is 2.00 bits per heavy atom. The van der Waals surface area contributed by atoms with Gasteiger partial charge in [-0.05, 0) is 63.0 Å². The van der Waals surface area contributed by atoms with Gasteiger partial charge in [0.05, 0.1) is 18.2 Å². The Bertz CT molecular complexity index is 1340. The van der Waals surface area contributed by atoms with Crippen LogP contribution in [0.4, 0.5) is 10.5 Å². The molecule has 3 amide bonds. The number of aldehydes is 1. The fourth-order valence-electron chi connectivity index (χ4n) is 4.31. The number of benzene rings is 1. The molecule has 0 aromatic heterocycles. The molecule has 1 aliphatic carbocycles. The maximum atomic E-state index is 13.6. The fourth-order valence-corrected chi connectivity index (χ4v) is 4.31. The highest BCUT2D eigenvalue weighted by molar-refractivity contribution is 6.07. The maximum absolute atomic E-state index is 13.6. The molecule has 1 aromatic rings. The van der Waals surface area contributed by atoms with E-state index in [1.165, 1.54) is 6.34 Å². The Kier molecular flexibility index (Phi) is 8.72. The number of hydrazine groups is 1. The molecule has 1 atom stereocenters. The number of rotatable bonds is 9. The zero-order valence-corrected chi connectivity index (χ0v) is 22.4. The highest BCUT2D eigenvalue weighted by Gasteiger charge is 2.45. The van der Waals surface area contributed by atoms with Gasteiger partial charge in [-0.1, -0.05) is 6.07 Å². The van der Waals surface area contributed by atoms with Crippen LogP contribution in [0.5, 0.6) is 0 Å². The molecule has 13 nitrogen and oxygen atoms in total. The van der Waals surface area contributed by atoms with Gasteiger partial charge in [0.2, 0.25) is 12.7 Å². The second-order valence-corrected chi connectivity index (χ2v) is 9.30. The molecule has 0 saturated heterocycles. The van der Waals surface area contributed by atoms with Crippen LogP contribution in [0.2, 0.25) is 0 Å². The van der Waals surface area contributed by atoms with E-state index >= 15 is 0 Å². The van der Waals surface area contributed by atoms with E-state index in [2.05, 4.69) is 15.7 Å². The van der Waals surface area contributed by atoms with Gasteiger partial charge in [0.15, 0.2) is 5.84 Å². The van der Waals surface area contributed by atoms with Gasteiger partial charge < -0.3 is 14.8 Å². The van der Waals surface area contributed by atoms with Gasteiger partial charge in [0, 0.05) is 24.2 Å². The van der Waals surface area contributed by atoms with Crippen molar-refractivity contribution in [2.24, 2.45) is 15.9 Å². The third kappa shape index (κ3) is 6.25. The Hall–Kier alpha value is -4.81. The van der Waals surface area contributed by atoms with Crippen molar-refractivity contribution in [3.8, 4) is 0 Å². The van der Waals surface area contributed by atoms with Crippen LogP contribution in [0.1, 0.15) is 42.6 Å². The predicted molar refractivity (Wildman–Crippen MR) is 143 cm³/mol. The molecule has 13 heteroatoms. The Labute approximate surface area is 230 Å². The first-order valence-electron chi connectivity index (χ1n) is 12.8. The third-order valence-electron chi connectivity index (χ3n) is 6.52. The minimum Gasteiger partial charge on any atom is -0.425 e. The van der Waals surface area contributed by atoms with Crippen molar-refractivity contribution >= 4 is 48.0 Å². The number of aryl methyl sites for hydroxylation is 1. The van der Waals surface area contributed by atoms with Gasteiger partial charge in [0.1, 0.15) is 18.3 Å². The zero-order valence-electron chi connectivity index (χ0n) is 22.4. The Morgan fingerprint density at radius 3 is 2.70 bits per heavy atom. The number of ether oxygens (including phenoxy) is 2. The molecule has 3 aliphatic rings. The summed E-state index contributed by atoms with van der Waals surface area (Å²) in [7, 11) is 0. The molecule has 0 radical (unpaired) electrons. The summed E-state index contributed by atoms with van der Waals surface area (Å²) in [4.78, 5) is 70.7. The van der Waals surface area contributed by atoms with Crippen molar-refractivity contribution in [1.29, 1.82) is 0 Å². The molecular weight excluding hydrogens is 520 g/mol. The molecule has 210 valence electrons. The smallest absolute Gasteiger partial charge is 0.419 e. The summed E-state index contributed by atoms with van der Waals surface area (Å²) >= 11 is 0. The number of nitrogens with zero attached hydrogens (tertiary/aromatic N) is 4. The van der Waals surface area contributed by atoms with Gasteiger partial charge in [0.25, 0.3) is 5.91 Å². The van der Waals surface area contributed by atoms with E-state index in [4.69, 9.17) is 14.5 Å². The van der Waals surface area contributed by atoms with Gasteiger partial charge in [-0.3, -0.25) is 24.8 Å². The lowest BCUT2D eigenvalue weighted by molar-refractivity contribution is -0.147. The van der Waals surface area contributed by atoms with E-state index in [0.717, 1.165) is 22.6 Å². The number of allylic oxidation sites excluding steroid dienone is 1. The number of hydrogen-bond acceptors (Lipinski definition) is 10. The third-order valence-corrected chi connectivity index (χ3v) is 6.52. The normalized spacial score (nSPS) is 18.8. The molecule has 0 bridgehead atoms. The lowest BCUT2D eigenvalue weighted by atomic mass is 10.0. The number of amides is 3. The molecule has 40 heavy (non-hydrogen) atoms. The number of nitrogens with one attached hydrogen (secondary N) is 2. The lowest BCUT2D eigenvalue weighted by Gasteiger charge is -2.26. The summed E-state index contributed by atoms with van der Waals surface area (Å²) in [6.45, 7) is 5.53. The van der Waals surface area contributed by atoms with Crippen LogP contribution >= 0.6 is 0 Å². The average Bonchev–Trinajstić information content (AvgIpc) is 3.70. The van der Waals surface area contributed by atoms with E-state index in [1.54, 1.807) is 24.1 Å². The first kappa shape index (κ1) is 28.2. The molecule has 2 N–H and O–H groups in total. The molecule has 2 aliphatic heterocycles. The van der Waals surface area contributed by atoms with E-state index in [0.29, 0.717) is 54.0 Å². The van der Waals surface area contributed by atoms with E-state index in [-0.39, 0.29) is 18.5 Å². The second-order valence-electron chi connectivity index (χ2n) is 9.30. The number of esters is 1. The molecule has 1 aromatic carbocycles. The number of amidine groups is 1. The summed E-state index contributed by atoms with van der Waals surface area (Å²) in [6.07, 6.45) is 4.08. The van der Waals surface area contributed by atoms with Gasteiger partial charge in [-0.2, -0.15) is 0 Å². The van der Waals surface area contributed by atoms with Crippen LogP contribution in [0, 0.1) is 12.8 Å².